The summed E-state index contributed by atoms with van der Waals surface area (Å²) in [5.41, 5.74) is 0. The highest BCUT2D eigenvalue weighted by molar-refractivity contribution is 14.0. The molecular weight excluding hydrogens is 443 g/mol. The zero-order valence-corrected chi connectivity index (χ0v) is 18.2. The van der Waals surface area contributed by atoms with Crippen LogP contribution in [0.5, 0.6) is 0 Å². The number of rotatable bonds is 6. The minimum Gasteiger partial charge on any atom is -0.378 e. The van der Waals surface area contributed by atoms with Crippen LogP contribution in [0.3, 0.4) is 0 Å². The fourth-order valence-electron chi connectivity index (χ4n) is 2.68. The van der Waals surface area contributed by atoms with Gasteiger partial charge in [0.15, 0.2) is 5.96 Å². The van der Waals surface area contributed by atoms with E-state index in [2.05, 4.69) is 22.1 Å². The lowest BCUT2D eigenvalue weighted by Crippen LogP contribution is -2.54. The van der Waals surface area contributed by atoms with Crippen molar-refractivity contribution in [3.05, 3.63) is 0 Å². The fraction of sp³-hybridized carbons (Fsp3) is 0.933. The number of nitrogens with zero attached hydrogens (tertiary/aromatic N) is 3. The Morgan fingerprint density at radius 3 is 2.33 bits per heavy atom. The van der Waals surface area contributed by atoms with Crippen LogP contribution in [0.1, 0.15) is 27.2 Å². The third-order valence-electron chi connectivity index (χ3n) is 4.36. The van der Waals surface area contributed by atoms with Gasteiger partial charge < -0.3 is 15.0 Å². The van der Waals surface area contributed by atoms with Gasteiger partial charge in [-0.05, 0) is 26.2 Å². The highest BCUT2D eigenvalue weighted by Crippen LogP contribution is 2.29. The van der Waals surface area contributed by atoms with E-state index in [1.54, 1.807) is 11.4 Å². The van der Waals surface area contributed by atoms with Gasteiger partial charge in [0.25, 0.3) is 0 Å². The Balaban J connectivity index is 0.00000288. The first-order valence-electron chi connectivity index (χ1n) is 8.41. The molecule has 1 aliphatic heterocycles. The van der Waals surface area contributed by atoms with Crippen LogP contribution in [-0.2, 0) is 14.8 Å². The molecule has 2 unspecified atom stereocenters. The summed E-state index contributed by atoms with van der Waals surface area (Å²) in [6, 6.07) is 0.517. The van der Waals surface area contributed by atoms with Gasteiger partial charge in [0.1, 0.15) is 0 Å². The first-order chi connectivity index (χ1) is 10.8. The molecule has 1 saturated heterocycles. The summed E-state index contributed by atoms with van der Waals surface area (Å²) in [5, 5.41) is 3.45. The Morgan fingerprint density at radius 2 is 1.88 bits per heavy atom. The largest absolute Gasteiger partial charge is 0.378 e. The molecule has 24 heavy (non-hydrogen) atoms. The van der Waals surface area contributed by atoms with E-state index in [9.17, 15) is 8.42 Å². The van der Waals surface area contributed by atoms with Crippen LogP contribution in [0.15, 0.2) is 4.99 Å². The van der Waals surface area contributed by atoms with Crippen molar-refractivity contribution in [1.29, 1.82) is 0 Å². The molecule has 0 aromatic rings. The number of nitrogens with one attached hydrogen (secondary N) is 1. The van der Waals surface area contributed by atoms with Crippen LogP contribution in [0.25, 0.3) is 0 Å². The predicted octanol–water partition coefficient (Wildman–Crippen LogP) is 0.961. The summed E-state index contributed by atoms with van der Waals surface area (Å²) in [6.07, 6.45) is 1.24. The van der Waals surface area contributed by atoms with Crippen LogP contribution in [-0.4, -0.2) is 81.3 Å². The Morgan fingerprint density at radius 1 is 1.29 bits per heavy atom. The second kappa shape index (κ2) is 9.54. The van der Waals surface area contributed by atoms with E-state index < -0.39 is 10.0 Å². The molecule has 0 spiro atoms. The van der Waals surface area contributed by atoms with Crippen LogP contribution in [0, 0.1) is 5.92 Å². The van der Waals surface area contributed by atoms with Gasteiger partial charge in [-0.1, -0.05) is 6.92 Å². The number of sulfonamides is 1. The number of hydrogen-bond acceptors (Lipinski definition) is 4. The van der Waals surface area contributed by atoms with Crippen molar-refractivity contribution in [2.45, 2.75) is 39.3 Å². The number of guanidine groups is 1. The molecular formula is C15H31IN4O3S. The minimum absolute atomic E-state index is 0. The number of ether oxygens (including phenoxy) is 1. The molecule has 1 aliphatic carbocycles. The van der Waals surface area contributed by atoms with Gasteiger partial charge in [-0.3, -0.25) is 4.99 Å². The molecule has 0 aromatic carbocycles. The molecule has 2 fully saturated rings. The highest BCUT2D eigenvalue weighted by Gasteiger charge is 2.35. The van der Waals surface area contributed by atoms with Crippen LogP contribution in [0.2, 0.25) is 0 Å². The molecule has 0 amide bonds. The zero-order chi connectivity index (χ0) is 17.0. The molecule has 142 valence electrons. The first-order valence-corrected chi connectivity index (χ1v) is 10.0. The highest BCUT2D eigenvalue weighted by atomic mass is 127. The maximum absolute atomic E-state index is 12.3. The number of aliphatic imine (C=N–C) groups is 1. The Hall–Kier alpha value is -0.130. The Kier molecular flexibility index (Phi) is 8.71. The van der Waals surface area contributed by atoms with Gasteiger partial charge in [0.05, 0.1) is 18.5 Å². The lowest BCUT2D eigenvalue weighted by Gasteiger charge is -2.36. The quantitative estimate of drug-likeness (QED) is 0.353. The molecule has 7 nitrogen and oxygen atoms in total. The number of halogens is 1. The van der Waals surface area contributed by atoms with E-state index in [0.717, 1.165) is 5.96 Å². The molecule has 0 aromatic heterocycles. The summed E-state index contributed by atoms with van der Waals surface area (Å²) >= 11 is 0. The standard InChI is InChI=1S/C15H30N4O3S.HI/c1-12(2)22-9-10-23(20,21)19-7-5-18(6-8-19)15(16-4)17-14-11-13(14)3;/h12-14H,5-11H2,1-4H3,(H,16,17);1H. The van der Waals surface area contributed by atoms with Crippen molar-refractivity contribution in [3.63, 3.8) is 0 Å². The van der Waals surface area contributed by atoms with Crippen molar-refractivity contribution < 1.29 is 13.2 Å². The summed E-state index contributed by atoms with van der Waals surface area (Å²) in [4.78, 5) is 6.47. The molecule has 2 aliphatic rings. The van der Waals surface area contributed by atoms with Gasteiger partial charge in [0.2, 0.25) is 10.0 Å². The molecule has 0 radical (unpaired) electrons. The topological polar surface area (TPSA) is 74.2 Å². The normalized spacial score (nSPS) is 25.5. The van der Waals surface area contributed by atoms with Gasteiger partial charge in [-0.2, -0.15) is 4.31 Å². The molecule has 9 heteroatoms. The average Bonchev–Trinajstić information content (AvgIpc) is 3.19. The Bertz CT molecular complexity index is 519. The number of piperazine rings is 1. The second-order valence-electron chi connectivity index (χ2n) is 6.63. The lowest BCUT2D eigenvalue weighted by atomic mass is 10.4. The van der Waals surface area contributed by atoms with E-state index in [-0.39, 0.29) is 42.4 Å². The maximum Gasteiger partial charge on any atom is 0.216 e. The van der Waals surface area contributed by atoms with Crippen molar-refractivity contribution in [2.75, 3.05) is 45.6 Å². The van der Waals surface area contributed by atoms with Gasteiger partial charge in [0, 0.05) is 39.3 Å². The monoisotopic (exact) mass is 474 g/mol. The summed E-state index contributed by atoms with van der Waals surface area (Å²) in [7, 11) is -1.45. The lowest BCUT2D eigenvalue weighted by molar-refractivity contribution is 0.0904. The van der Waals surface area contributed by atoms with Gasteiger partial charge >= 0.3 is 0 Å². The average molecular weight is 474 g/mol. The van der Waals surface area contributed by atoms with Crippen LogP contribution in [0.4, 0.5) is 0 Å². The zero-order valence-electron chi connectivity index (χ0n) is 15.1. The van der Waals surface area contributed by atoms with Crippen molar-refractivity contribution in [2.24, 2.45) is 10.9 Å². The van der Waals surface area contributed by atoms with Crippen molar-refractivity contribution in [3.8, 4) is 0 Å². The molecule has 1 heterocycles. The first kappa shape index (κ1) is 21.9. The number of hydrogen-bond donors (Lipinski definition) is 1. The molecule has 1 saturated carbocycles. The van der Waals surface area contributed by atoms with E-state index >= 15 is 0 Å². The van der Waals surface area contributed by atoms with E-state index in [0.29, 0.717) is 38.1 Å². The molecule has 0 bridgehead atoms. The van der Waals surface area contributed by atoms with Crippen molar-refractivity contribution in [1.82, 2.24) is 14.5 Å². The molecule has 1 N–H and O–H groups in total. The van der Waals surface area contributed by atoms with Crippen LogP contribution >= 0.6 is 24.0 Å². The minimum atomic E-state index is -3.23. The third-order valence-corrected chi connectivity index (χ3v) is 6.19. The summed E-state index contributed by atoms with van der Waals surface area (Å²) in [6.45, 7) is 8.64. The predicted molar refractivity (Wildman–Crippen MR) is 107 cm³/mol. The second-order valence-corrected chi connectivity index (χ2v) is 8.72. The van der Waals surface area contributed by atoms with E-state index in [1.165, 1.54) is 6.42 Å². The Labute approximate surface area is 163 Å². The smallest absolute Gasteiger partial charge is 0.216 e. The third kappa shape index (κ3) is 6.30. The fourth-order valence-corrected chi connectivity index (χ4v) is 3.97. The maximum atomic E-state index is 12.3. The van der Waals surface area contributed by atoms with Gasteiger partial charge in [-0.25, -0.2) is 8.42 Å². The van der Waals surface area contributed by atoms with E-state index in [1.807, 2.05) is 13.8 Å². The SMILES string of the molecule is CN=C(NC1CC1C)N1CCN(S(=O)(=O)CCOC(C)C)CC1.I. The van der Waals surface area contributed by atoms with E-state index in [4.69, 9.17) is 4.74 Å². The van der Waals surface area contributed by atoms with Crippen LogP contribution < -0.4 is 5.32 Å². The molecule has 2 atom stereocenters. The summed E-state index contributed by atoms with van der Waals surface area (Å²) in [5.74, 6) is 1.64. The molecule has 2 rings (SSSR count). The van der Waals surface area contributed by atoms with Gasteiger partial charge in [-0.15, -0.1) is 24.0 Å². The van der Waals surface area contributed by atoms with Crippen molar-refractivity contribution >= 4 is 40.0 Å². The summed E-state index contributed by atoms with van der Waals surface area (Å²) < 4.78 is 31.6.